The molecule has 29 nitrogen and oxygen atoms in total. The van der Waals surface area contributed by atoms with Crippen molar-refractivity contribution >= 4 is 90.4 Å². The quantitative estimate of drug-likeness (QED) is 0.00827. The maximum absolute atomic E-state index is 14.0. The van der Waals surface area contributed by atoms with Crippen LogP contribution in [0.3, 0.4) is 0 Å². The zero-order valence-corrected chi connectivity index (χ0v) is 72.2. The number of fused-ring (bicyclic) bond motifs is 2. The second-order valence-corrected chi connectivity index (χ2v) is 28.2. The number of hydrogen-bond donors (Lipinski definition) is 7. The fourth-order valence-electron chi connectivity index (χ4n) is 8.48. The van der Waals surface area contributed by atoms with Crippen molar-refractivity contribution in [2.75, 3.05) is 66.1 Å². The molecule has 2 unspecified atom stereocenters. The van der Waals surface area contributed by atoms with Gasteiger partial charge in [0.25, 0.3) is 0 Å². The number of alkyl halides is 2. The predicted molar refractivity (Wildman–Crippen MR) is 431 cm³/mol. The van der Waals surface area contributed by atoms with E-state index in [1.807, 2.05) is 20.8 Å². The van der Waals surface area contributed by atoms with Gasteiger partial charge in [0, 0.05) is 59.0 Å². The van der Waals surface area contributed by atoms with Crippen molar-refractivity contribution in [2.45, 2.75) is 167 Å². The number of nitrogens with one attached hydrogen (secondary N) is 4. The van der Waals surface area contributed by atoms with Crippen LogP contribution in [0.25, 0.3) is 11.3 Å². The van der Waals surface area contributed by atoms with E-state index in [1.54, 1.807) is 93.5 Å². The van der Waals surface area contributed by atoms with Crippen LogP contribution < -0.4 is 69.8 Å². The maximum atomic E-state index is 14.0. The molecule has 0 aliphatic carbocycles. The molecular weight excluding hydrogens is 1590 g/mol. The predicted octanol–water partition coefficient (Wildman–Crippen LogP) is 12.5. The average Bonchev–Trinajstić information content (AvgIpc) is 1.69. The molecule has 8 rings (SSSR count). The number of imidazole rings is 2. The van der Waals surface area contributed by atoms with Gasteiger partial charge in [-0.15, -0.1) is 16.7 Å². The van der Waals surface area contributed by atoms with E-state index in [9.17, 15) is 65.4 Å². The molecule has 8 aromatic rings. The van der Waals surface area contributed by atoms with Crippen LogP contribution in [0.2, 0.25) is 5.15 Å². The van der Waals surface area contributed by atoms with Crippen LogP contribution in [0.1, 0.15) is 200 Å². The van der Waals surface area contributed by atoms with Gasteiger partial charge in [0.2, 0.25) is 5.88 Å². The Labute approximate surface area is 715 Å². The smallest absolute Gasteiger partial charge is 1.00 e. The summed E-state index contributed by atoms with van der Waals surface area (Å²) in [6.45, 7) is 31.7. The van der Waals surface area contributed by atoms with Gasteiger partial charge in [0.05, 0.1) is 57.8 Å². The first kappa shape index (κ1) is 109. The van der Waals surface area contributed by atoms with Gasteiger partial charge in [-0.05, 0) is 202 Å². The number of aromatic hydroxyl groups is 1. The van der Waals surface area contributed by atoms with E-state index >= 15 is 0 Å². The first-order valence-electron chi connectivity index (χ1n) is 35.5. The summed E-state index contributed by atoms with van der Waals surface area (Å²) in [6.07, 6.45) is -0.565. The molecule has 0 aliphatic heterocycles. The van der Waals surface area contributed by atoms with Crippen LogP contribution in [0.5, 0.6) is 28.9 Å². The molecule has 3 radical (unpaired) electrons. The normalized spacial score (nSPS) is 11.0. The fraction of sp³-hybridized carbons (Fsp3) is 0.443. The van der Waals surface area contributed by atoms with Gasteiger partial charge >= 0.3 is 53.9 Å². The number of carbonyl (C=O) groups is 8. The van der Waals surface area contributed by atoms with Crippen LogP contribution in [0.15, 0.2) is 109 Å². The van der Waals surface area contributed by atoms with Gasteiger partial charge in [0.1, 0.15) is 111 Å². The number of aliphatic hydroxyl groups excluding tert-OH is 2. The number of phenolic OH excluding ortho intramolecular Hbond substituents is 1. The third kappa shape index (κ3) is 45.4. The van der Waals surface area contributed by atoms with E-state index < -0.39 is 89.4 Å². The summed E-state index contributed by atoms with van der Waals surface area (Å²) in [6, 6.07) is 21.6. The van der Waals surface area contributed by atoms with E-state index in [0.717, 1.165) is 31.4 Å². The first-order chi connectivity index (χ1) is 53.6. The van der Waals surface area contributed by atoms with Crippen LogP contribution >= 0.6 is 23.2 Å². The number of carbonyl (C=O) groups excluding carboxylic acids is 8. The number of rotatable bonds is 22. The molecule has 0 saturated heterocycles. The summed E-state index contributed by atoms with van der Waals surface area (Å²) < 4.78 is 114. The molecule has 4 aromatic carbocycles. The standard InChI is InChI=1S/C23H27FN4O5.C15H22FNO4.C15H20FNO4.C8H6ClN3O.C8H7FO2.C7H14ClNO2.CH3F.CH4O.CH4.B.Na.H/c1-14(29)18-13-26-20-8-9-21(27-28(18)20)32-15(2)17-12-16(24)6-7-19(17)31-11-10-25-22(30)33-23(3,4)5;2*1-10(18)12-9-11(16)5-6-13(12)20-8-7-17-14(19)21-15(2,3)4;1-5(13)6-4-10-8-3-2-7(9)11-12(6)8;1-5(10)7-4-6(9)2-3-8(7)11;1-7(2,3)11-6(10)9-5-4-8;2*1-2;;;;/h6-9,12-13,15H,10-11H2,1-5H3,(H,25,30);5-6,9-10,18H,7-8H2,1-4H3,(H,17,19);5-6,9H,7-8H2,1-4H3,(H,17,19);2-4H,1H3;2-4,11H,1H3;4-5H2,1-3H3,(H,9,10);1H3;2H,1H3;1H4;;;/q;;;;;;;;;;+1;-1/i;;;;;;1D;;;;;. The van der Waals surface area contributed by atoms with Crippen LogP contribution in [-0.4, -0.2) is 189 Å². The second-order valence-electron chi connectivity index (χ2n) is 27.4. The number of aliphatic hydroxyl groups is 2. The summed E-state index contributed by atoms with van der Waals surface area (Å²) in [5, 5.41) is 44.4. The molecule has 2 atom stereocenters. The molecule has 0 aliphatic rings. The summed E-state index contributed by atoms with van der Waals surface area (Å²) in [7, 11) is 0. The number of nitrogens with zero attached hydrogens (tertiary/aromatic N) is 6. The van der Waals surface area contributed by atoms with E-state index in [1.165, 1.54) is 105 Å². The van der Waals surface area contributed by atoms with Gasteiger partial charge in [-0.25, -0.2) is 55.7 Å². The van der Waals surface area contributed by atoms with Crippen LogP contribution in [0, 0.1) is 23.3 Å². The number of hydrogen-bond acceptors (Lipinski definition) is 23. The van der Waals surface area contributed by atoms with Crippen molar-refractivity contribution in [3.63, 3.8) is 0 Å². The van der Waals surface area contributed by atoms with Crippen LogP contribution in [-0.2, 0) is 18.9 Å². The molecule has 7 N–H and O–H groups in total. The van der Waals surface area contributed by atoms with E-state index in [-0.39, 0.29) is 138 Å². The van der Waals surface area contributed by atoms with Crippen molar-refractivity contribution in [3.8, 4) is 28.9 Å². The number of Topliss-reactive ketones (excluding diaryl/α,β-unsaturated/α-hetero) is 4. The molecule has 0 saturated carbocycles. The number of aromatic nitrogens is 6. The maximum Gasteiger partial charge on any atom is 1.00 e. The Morgan fingerprint density at radius 3 is 1.21 bits per heavy atom. The number of phenols is 1. The Morgan fingerprint density at radius 2 is 0.846 bits per heavy atom. The van der Waals surface area contributed by atoms with Gasteiger partial charge in [-0.3, -0.25) is 23.6 Å². The topological polar surface area (TPSA) is 380 Å². The monoisotopic (exact) mass is 1700 g/mol. The Balaban J connectivity index is -0.000000683. The third-order valence-corrected chi connectivity index (χ3v) is 13.4. The molecule has 38 heteroatoms. The van der Waals surface area contributed by atoms with Crippen molar-refractivity contribution in [1.29, 1.82) is 0 Å². The first-order valence-corrected chi connectivity index (χ1v) is 35.7. The molecule has 0 spiro atoms. The molecule has 4 aromatic heterocycles. The van der Waals surface area contributed by atoms with E-state index in [2.05, 4.69) is 41.4 Å². The Kier molecular flexibility index (Phi) is 51.2. The summed E-state index contributed by atoms with van der Waals surface area (Å²) in [5.41, 5.74) is 0.772. The van der Waals surface area contributed by atoms with E-state index in [4.69, 9.17) is 72.7 Å². The molecule has 117 heavy (non-hydrogen) atoms. The Morgan fingerprint density at radius 1 is 0.513 bits per heavy atom. The number of alkyl carbamates (subject to hydrolysis) is 4. The SMILES string of the molecule is C.CC(=O)c1cc(F)ccc1O.CC(=O)c1cc(F)ccc1OCCNC(=O)OC(C)(C)C.CC(=O)c1cnc2ccc(Cl)nn12.CC(=O)c1cnc2ccc(OC(C)c3cc(F)ccc3OCCNC(=O)OC(C)(C)C)nn12.CC(C)(C)OC(=O)NCCCl.CC(O)c1cc(F)ccc1OCCNC(=O)OC(C)(C)C.CO.[2H]CF.[B].[H-].[Na+]. The van der Waals surface area contributed by atoms with Gasteiger partial charge in [0.15, 0.2) is 34.4 Å². The van der Waals surface area contributed by atoms with Crippen molar-refractivity contribution < 1.29 is 146 Å². The average molecular weight is 1700 g/mol. The van der Waals surface area contributed by atoms with Crippen molar-refractivity contribution in [2.24, 2.45) is 0 Å². The molecule has 4 heterocycles. The minimum Gasteiger partial charge on any atom is -1.00 e. The van der Waals surface area contributed by atoms with Gasteiger partial charge in [-0.1, -0.05) is 19.0 Å². The Bertz CT molecular complexity index is 4460. The molecule has 0 bridgehead atoms. The zero-order valence-electron chi connectivity index (χ0n) is 70.7. The molecule has 4 amide bonds. The summed E-state index contributed by atoms with van der Waals surface area (Å²) >= 11 is 11.0. The second kappa shape index (κ2) is 54.9. The minimum absolute atomic E-state index is 0. The minimum atomic E-state index is -1.00. The Hall–Kier alpha value is -9.91. The third-order valence-electron chi connectivity index (χ3n) is 13.0. The summed E-state index contributed by atoms with van der Waals surface area (Å²) in [4.78, 5) is 98.4. The molecule has 641 valence electrons. The molecular formula is C79H108BCl2F5N10NaO19. The van der Waals surface area contributed by atoms with Crippen LogP contribution in [0.4, 0.5) is 41.1 Å². The summed E-state index contributed by atoms with van der Waals surface area (Å²) in [5.74, 6) is -1.27. The van der Waals surface area contributed by atoms with Gasteiger partial charge in [-0.2, -0.15) is 5.10 Å². The number of benzene rings is 4. The number of ether oxygens (including phenoxy) is 8. The fourth-order valence-corrected chi connectivity index (χ4v) is 8.72. The number of amides is 4. The largest absolute Gasteiger partial charge is 1.00 e. The molecule has 0 fully saturated rings. The number of halogens is 7. The van der Waals surface area contributed by atoms with Crippen molar-refractivity contribution in [1.82, 2.24) is 50.5 Å². The zero-order chi connectivity index (χ0) is 87.7. The van der Waals surface area contributed by atoms with Gasteiger partial charge < -0.3 is 75.9 Å². The van der Waals surface area contributed by atoms with Crippen molar-refractivity contribution in [3.05, 3.63) is 172 Å². The van der Waals surface area contributed by atoms with E-state index in [0.29, 0.717) is 62.9 Å². The number of ketones is 4.